The van der Waals surface area contributed by atoms with E-state index in [2.05, 4.69) is 20.5 Å². The second-order valence-corrected chi connectivity index (χ2v) is 3.91. The molecule has 2 rings (SSSR count). The molecule has 9 nitrogen and oxygen atoms in total. The SMILES string of the molecule is Cn1cnnc1Cn1cc(CC(N)C(=O)O)nn1. The molecule has 0 aliphatic carbocycles. The summed E-state index contributed by atoms with van der Waals surface area (Å²) in [5.41, 5.74) is 5.95. The topological polar surface area (TPSA) is 125 Å². The van der Waals surface area contributed by atoms with E-state index in [0.29, 0.717) is 12.2 Å². The zero-order valence-electron chi connectivity index (χ0n) is 9.76. The lowest BCUT2D eigenvalue weighted by Gasteiger charge is -2.01. The molecule has 9 heteroatoms. The molecule has 0 amide bonds. The van der Waals surface area contributed by atoms with Crippen molar-refractivity contribution in [2.45, 2.75) is 19.0 Å². The highest BCUT2D eigenvalue weighted by atomic mass is 16.4. The number of hydrogen-bond donors (Lipinski definition) is 2. The van der Waals surface area contributed by atoms with Crippen LogP contribution in [0.15, 0.2) is 12.5 Å². The van der Waals surface area contributed by atoms with Crippen LogP contribution in [-0.2, 0) is 24.8 Å². The van der Waals surface area contributed by atoms with E-state index in [4.69, 9.17) is 10.8 Å². The quantitative estimate of drug-likeness (QED) is 0.656. The minimum Gasteiger partial charge on any atom is -0.480 e. The first-order valence-electron chi connectivity index (χ1n) is 5.26. The van der Waals surface area contributed by atoms with Crippen LogP contribution in [0.1, 0.15) is 11.5 Å². The van der Waals surface area contributed by atoms with E-state index < -0.39 is 12.0 Å². The van der Waals surface area contributed by atoms with Gasteiger partial charge in [-0.1, -0.05) is 5.21 Å². The first kappa shape index (κ1) is 12.2. The zero-order valence-corrected chi connectivity index (χ0v) is 9.76. The fourth-order valence-electron chi connectivity index (χ4n) is 1.42. The second-order valence-electron chi connectivity index (χ2n) is 3.91. The van der Waals surface area contributed by atoms with Crippen LogP contribution in [0.25, 0.3) is 0 Å². The lowest BCUT2D eigenvalue weighted by molar-refractivity contribution is -0.138. The number of aromatic nitrogens is 6. The van der Waals surface area contributed by atoms with Crippen LogP contribution in [0.2, 0.25) is 0 Å². The summed E-state index contributed by atoms with van der Waals surface area (Å²) < 4.78 is 3.33. The van der Waals surface area contributed by atoms with Crippen molar-refractivity contribution in [3.05, 3.63) is 24.0 Å². The third kappa shape index (κ3) is 2.69. The number of hydrogen-bond acceptors (Lipinski definition) is 6. The number of carboxylic acid groups (broad SMARTS) is 1. The number of carboxylic acids is 1. The maximum Gasteiger partial charge on any atom is 0.320 e. The summed E-state index contributed by atoms with van der Waals surface area (Å²) in [5, 5.41) is 24.1. The molecule has 3 N–H and O–H groups in total. The van der Waals surface area contributed by atoms with Gasteiger partial charge >= 0.3 is 5.97 Å². The van der Waals surface area contributed by atoms with Gasteiger partial charge in [-0.3, -0.25) is 4.79 Å². The summed E-state index contributed by atoms with van der Waals surface area (Å²) in [6.45, 7) is 0.422. The van der Waals surface area contributed by atoms with Crippen molar-refractivity contribution in [2.24, 2.45) is 12.8 Å². The Bertz CT molecular complexity index is 547. The Morgan fingerprint density at radius 1 is 1.56 bits per heavy atom. The van der Waals surface area contributed by atoms with Crippen molar-refractivity contribution in [1.82, 2.24) is 29.8 Å². The van der Waals surface area contributed by atoms with Crippen LogP contribution in [0.5, 0.6) is 0 Å². The number of aryl methyl sites for hydroxylation is 1. The Labute approximate surface area is 102 Å². The molecule has 96 valence electrons. The van der Waals surface area contributed by atoms with Crippen molar-refractivity contribution in [3.63, 3.8) is 0 Å². The molecule has 0 saturated heterocycles. The Morgan fingerprint density at radius 3 is 2.94 bits per heavy atom. The molecular formula is C9H13N7O2. The molecule has 1 atom stereocenters. The van der Waals surface area contributed by atoms with E-state index in [-0.39, 0.29) is 6.42 Å². The molecule has 18 heavy (non-hydrogen) atoms. The molecule has 2 heterocycles. The predicted molar refractivity (Wildman–Crippen MR) is 59.4 cm³/mol. The van der Waals surface area contributed by atoms with Crippen LogP contribution in [0.4, 0.5) is 0 Å². The normalized spacial score (nSPS) is 12.6. The molecule has 0 fully saturated rings. The lowest BCUT2D eigenvalue weighted by Crippen LogP contribution is -2.32. The van der Waals surface area contributed by atoms with Crippen molar-refractivity contribution in [2.75, 3.05) is 0 Å². The molecule has 0 radical (unpaired) electrons. The van der Waals surface area contributed by atoms with Crippen LogP contribution in [-0.4, -0.2) is 46.9 Å². The highest BCUT2D eigenvalue weighted by molar-refractivity contribution is 5.73. The van der Waals surface area contributed by atoms with Crippen molar-refractivity contribution in [1.29, 1.82) is 0 Å². The molecule has 0 aliphatic rings. The van der Waals surface area contributed by atoms with Crippen LogP contribution in [0.3, 0.4) is 0 Å². The van der Waals surface area contributed by atoms with E-state index in [9.17, 15) is 4.79 Å². The van der Waals surface area contributed by atoms with E-state index in [1.807, 2.05) is 7.05 Å². The molecule has 0 aliphatic heterocycles. The van der Waals surface area contributed by atoms with Gasteiger partial charge < -0.3 is 15.4 Å². The lowest BCUT2D eigenvalue weighted by atomic mass is 10.2. The molecule has 0 saturated carbocycles. The van der Waals surface area contributed by atoms with Crippen molar-refractivity contribution in [3.8, 4) is 0 Å². The Balaban J connectivity index is 2.02. The van der Waals surface area contributed by atoms with Gasteiger partial charge in [0.25, 0.3) is 0 Å². The standard InChI is InChI=1S/C9H13N7O2/c1-15-5-11-13-8(15)4-16-3-6(12-14-16)2-7(10)9(17)18/h3,5,7H,2,4,10H2,1H3,(H,17,18). The summed E-state index contributed by atoms with van der Waals surface area (Å²) >= 11 is 0. The van der Waals surface area contributed by atoms with Gasteiger partial charge in [-0.2, -0.15) is 0 Å². The minimum absolute atomic E-state index is 0.147. The number of nitrogens with zero attached hydrogens (tertiary/aromatic N) is 6. The third-order valence-electron chi connectivity index (χ3n) is 2.44. The monoisotopic (exact) mass is 251 g/mol. The fraction of sp³-hybridized carbons (Fsp3) is 0.444. The minimum atomic E-state index is -1.06. The summed E-state index contributed by atoms with van der Waals surface area (Å²) in [6, 6.07) is -0.968. The van der Waals surface area contributed by atoms with Gasteiger partial charge in [-0.15, -0.1) is 15.3 Å². The molecule has 0 aromatic carbocycles. The number of rotatable bonds is 5. The maximum atomic E-state index is 10.6. The molecule has 1 unspecified atom stereocenters. The van der Waals surface area contributed by atoms with E-state index in [1.165, 1.54) is 0 Å². The average molecular weight is 251 g/mol. The number of nitrogens with two attached hydrogens (primary N) is 1. The highest BCUT2D eigenvalue weighted by Crippen LogP contribution is 2.00. The molecule has 0 bridgehead atoms. The average Bonchev–Trinajstić information content (AvgIpc) is 2.90. The van der Waals surface area contributed by atoms with Gasteiger partial charge in [0, 0.05) is 19.7 Å². The van der Waals surface area contributed by atoms with Gasteiger partial charge in [-0.25, -0.2) is 4.68 Å². The van der Waals surface area contributed by atoms with Gasteiger partial charge in [0.2, 0.25) is 0 Å². The molecular weight excluding hydrogens is 238 g/mol. The Morgan fingerprint density at radius 2 is 2.33 bits per heavy atom. The molecule has 2 aromatic rings. The Hall–Kier alpha value is -2.29. The summed E-state index contributed by atoms with van der Waals surface area (Å²) in [7, 11) is 1.83. The Kier molecular flexibility index (Phi) is 3.33. The number of aliphatic carboxylic acids is 1. The number of carbonyl (C=O) groups is 1. The van der Waals surface area contributed by atoms with E-state index >= 15 is 0 Å². The molecule has 2 aromatic heterocycles. The highest BCUT2D eigenvalue weighted by Gasteiger charge is 2.14. The largest absolute Gasteiger partial charge is 0.480 e. The zero-order chi connectivity index (χ0) is 13.1. The van der Waals surface area contributed by atoms with Crippen molar-refractivity contribution < 1.29 is 9.90 Å². The van der Waals surface area contributed by atoms with Gasteiger partial charge in [0.05, 0.1) is 5.69 Å². The summed E-state index contributed by atoms with van der Waals surface area (Å²) in [4.78, 5) is 10.6. The van der Waals surface area contributed by atoms with E-state index in [0.717, 1.165) is 5.82 Å². The van der Waals surface area contributed by atoms with Crippen molar-refractivity contribution >= 4 is 5.97 Å². The van der Waals surface area contributed by atoms with Crippen LogP contribution in [0, 0.1) is 0 Å². The maximum absolute atomic E-state index is 10.6. The summed E-state index contributed by atoms with van der Waals surface area (Å²) in [5.74, 6) is -0.327. The van der Waals surface area contributed by atoms with Gasteiger partial charge in [-0.05, 0) is 0 Å². The summed E-state index contributed by atoms with van der Waals surface area (Å²) in [6.07, 6.45) is 3.39. The first-order chi connectivity index (χ1) is 8.56. The van der Waals surface area contributed by atoms with Gasteiger partial charge in [0.15, 0.2) is 5.82 Å². The predicted octanol–water partition coefficient (Wildman–Crippen LogP) is -1.59. The second kappa shape index (κ2) is 4.92. The van der Waals surface area contributed by atoms with E-state index in [1.54, 1.807) is 21.8 Å². The van der Waals surface area contributed by atoms with Gasteiger partial charge in [0.1, 0.15) is 18.9 Å². The smallest absolute Gasteiger partial charge is 0.320 e. The fourth-order valence-corrected chi connectivity index (χ4v) is 1.42. The van der Waals surface area contributed by atoms with Crippen LogP contribution >= 0.6 is 0 Å². The van der Waals surface area contributed by atoms with Crippen LogP contribution < -0.4 is 5.73 Å². The molecule has 0 spiro atoms. The first-order valence-corrected chi connectivity index (χ1v) is 5.26. The third-order valence-corrected chi connectivity index (χ3v) is 2.44.